The maximum atomic E-state index is 12.2. The Morgan fingerprint density at radius 2 is 1.79 bits per heavy atom. The van der Waals surface area contributed by atoms with Crippen LogP contribution in [0.5, 0.6) is 0 Å². The van der Waals surface area contributed by atoms with Gasteiger partial charge in [-0.3, -0.25) is 4.79 Å². The second kappa shape index (κ2) is 8.72. The summed E-state index contributed by atoms with van der Waals surface area (Å²) in [6, 6.07) is 8.19. The standard InChI is InChI=1S/C20H27NO2S/c22-18-11-5-4-10-17(18)21-20(23)14-13-15-7-1-6-12-19(15)24-16-8-2-3-9-16/h1,6-7,12-14,16-18,22H,2-5,8-11H2,(H,21,23)/b14-13+. The number of aliphatic hydroxyl groups excluding tert-OH is 1. The monoisotopic (exact) mass is 345 g/mol. The van der Waals surface area contributed by atoms with Gasteiger partial charge in [0.25, 0.3) is 0 Å². The molecule has 2 unspecified atom stereocenters. The molecule has 1 amide bonds. The predicted molar refractivity (Wildman–Crippen MR) is 100.0 cm³/mol. The van der Waals surface area contributed by atoms with E-state index < -0.39 is 6.10 Å². The first-order valence-corrected chi connectivity index (χ1v) is 10.0. The summed E-state index contributed by atoms with van der Waals surface area (Å²) >= 11 is 1.94. The smallest absolute Gasteiger partial charge is 0.244 e. The van der Waals surface area contributed by atoms with Gasteiger partial charge in [0.2, 0.25) is 5.91 Å². The van der Waals surface area contributed by atoms with Gasteiger partial charge in [-0.25, -0.2) is 0 Å². The second-order valence-corrected chi connectivity index (χ2v) is 8.20. The summed E-state index contributed by atoms with van der Waals surface area (Å²) in [5.74, 6) is -0.110. The number of rotatable bonds is 5. The van der Waals surface area contributed by atoms with Gasteiger partial charge in [-0.15, -0.1) is 11.8 Å². The first-order chi connectivity index (χ1) is 11.7. The number of thioether (sulfide) groups is 1. The highest BCUT2D eigenvalue weighted by Gasteiger charge is 2.23. The van der Waals surface area contributed by atoms with Crippen molar-refractivity contribution in [2.24, 2.45) is 0 Å². The van der Waals surface area contributed by atoms with Crippen molar-refractivity contribution in [3.05, 3.63) is 35.9 Å². The van der Waals surface area contributed by atoms with Gasteiger partial charge < -0.3 is 10.4 Å². The topological polar surface area (TPSA) is 49.3 Å². The van der Waals surface area contributed by atoms with Crippen molar-refractivity contribution in [2.45, 2.75) is 73.7 Å². The zero-order valence-electron chi connectivity index (χ0n) is 14.1. The lowest BCUT2D eigenvalue weighted by Crippen LogP contribution is -2.44. The first-order valence-electron chi connectivity index (χ1n) is 9.15. The Morgan fingerprint density at radius 3 is 2.58 bits per heavy atom. The van der Waals surface area contributed by atoms with Crippen LogP contribution >= 0.6 is 11.8 Å². The predicted octanol–water partition coefficient (Wildman–Crippen LogP) is 4.15. The molecule has 3 rings (SSSR count). The number of carbonyl (C=O) groups excluding carboxylic acids is 1. The largest absolute Gasteiger partial charge is 0.391 e. The summed E-state index contributed by atoms with van der Waals surface area (Å²) in [7, 11) is 0. The fourth-order valence-electron chi connectivity index (χ4n) is 3.59. The van der Waals surface area contributed by atoms with E-state index in [4.69, 9.17) is 0 Å². The number of carbonyl (C=O) groups is 1. The molecule has 1 aromatic carbocycles. The molecule has 24 heavy (non-hydrogen) atoms. The lowest BCUT2D eigenvalue weighted by molar-refractivity contribution is -0.118. The lowest BCUT2D eigenvalue weighted by atomic mass is 9.92. The lowest BCUT2D eigenvalue weighted by Gasteiger charge is -2.27. The molecule has 2 saturated carbocycles. The Morgan fingerprint density at radius 1 is 1.08 bits per heavy atom. The average Bonchev–Trinajstić information content (AvgIpc) is 3.09. The molecule has 3 nitrogen and oxygen atoms in total. The molecule has 0 radical (unpaired) electrons. The van der Waals surface area contributed by atoms with E-state index in [1.165, 1.54) is 30.6 Å². The summed E-state index contributed by atoms with van der Waals surface area (Å²) in [5, 5.41) is 13.6. The summed E-state index contributed by atoms with van der Waals surface area (Å²) < 4.78 is 0. The summed E-state index contributed by atoms with van der Waals surface area (Å²) in [6.07, 6.45) is 12.2. The number of benzene rings is 1. The van der Waals surface area contributed by atoms with Crippen LogP contribution < -0.4 is 5.32 Å². The molecule has 2 aliphatic carbocycles. The van der Waals surface area contributed by atoms with Gasteiger partial charge in [0.15, 0.2) is 0 Å². The average molecular weight is 346 g/mol. The van der Waals surface area contributed by atoms with Crippen LogP contribution in [0.4, 0.5) is 0 Å². The highest BCUT2D eigenvalue weighted by molar-refractivity contribution is 8.00. The van der Waals surface area contributed by atoms with E-state index in [9.17, 15) is 9.90 Å². The minimum atomic E-state index is -0.402. The SMILES string of the molecule is O=C(/C=C/c1ccccc1SC1CCCC1)NC1CCCCC1O. The highest BCUT2D eigenvalue weighted by Crippen LogP contribution is 2.36. The number of amides is 1. The molecule has 2 N–H and O–H groups in total. The number of hydrogen-bond donors (Lipinski definition) is 2. The molecular weight excluding hydrogens is 318 g/mol. The zero-order valence-corrected chi connectivity index (χ0v) is 14.9. The molecule has 0 heterocycles. The van der Waals surface area contributed by atoms with Gasteiger partial charge in [-0.1, -0.05) is 43.9 Å². The molecule has 2 fully saturated rings. The van der Waals surface area contributed by atoms with Crippen LogP contribution in [0.3, 0.4) is 0 Å². The number of hydrogen-bond acceptors (Lipinski definition) is 3. The molecule has 0 aromatic heterocycles. The Balaban J connectivity index is 1.59. The fraction of sp³-hybridized carbons (Fsp3) is 0.550. The zero-order chi connectivity index (χ0) is 16.8. The molecule has 0 spiro atoms. The minimum Gasteiger partial charge on any atom is -0.391 e. The van der Waals surface area contributed by atoms with Crippen molar-refractivity contribution in [3.63, 3.8) is 0 Å². The van der Waals surface area contributed by atoms with Crippen LogP contribution in [0, 0.1) is 0 Å². The van der Waals surface area contributed by atoms with Gasteiger partial charge in [-0.05, 0) is 43.4 Å². The molecule has 1 aromatic rings. The Bertz CT molecular complexity index is 581. The summed E-state index contributed by atoms with van der Waals surface area (Å²) in [4.78, 5) is 13.4. The van der Waals surface area contributed by atoms with E-state index >= 15 is 0 Å². The maximum absolute atomic E-state index is 12.2. The van der Waals surface area contributed by atoms with Crippen molar-refractivity contribution in [2.75, 3.05) is 0 Å². The number of aliphatic hydroxyl groups is 1. The Labute approximate surface area is 148 Å². The van der Waals surface area contributed by atoms with Crippen LogP contribution in [0.1, 0.15) is 56.9 Å². The third-order valence-electron chi connectivity index (χ3n) is 4.99. The van der Waals surface area contributed by atoms with E-state index in [1.807, 2.05) is 23.9 Å². The fourth-order valence-corrected chi connectivity index (χ4v) is 4.94. The van der Waals surface area contributed by atoms with Crippen molar-refractivity contribution in [3.8, 4) is 0 Å². The first kappa shape index (κ1) is 17.6. The second-order valence-electron chi connectivity index (χ2n) is 6.86. The van der Waals surface area contributed by atoms with Gasteiger partial charge in [0.1, 0.15) is 0 Å². The van der Waals surface area contributed by atoms with Crippen LogP contribution in [-0.2, 0) is 4.79 Å². The van der Waals surface area contributed by atoms with Crippen LogP contribution in [0.15, 0.2) is 35.2 Å². The molecule has 4 heteroatoms. The van der Waals surface area contributed by atoms with E-state index in [1.54, 1.807) is 6.08 Å². The van der Waals surface area contributed by atoms with Crippen LogP contribution in [0.25, 0.3) is 6.08 Å². The van der Waals surface area contributed by atoms with Gasteiger partial charge >= 0.3 is 0 Å². The van der Waals surface area contributed by atoms with E-state index in [-0.39, 0.29) is 11.9 Å². The van der Waals surface area contributed by atoms with E-state index in [0.717, 1.165) is 31.2 Å². The van der Waals surface area contributed by atoms with Crippen molar-refractivity contribution >= 4 is 23.7 Å². The molecule has 0 bridgehead atoms. The van der Waals surface area contributed by atoms with E-state index in [2.05, 4.69) is 23.5 Å². The van der Waals surface area contributed by atoms with Crippen LogP contribution in [0.2, 0.25) is 0 Å². The van der Waals surface area contributed by atoms with Gasteiger partial charge in [-0.2, -0.15) is 0 Å². The van der Waals surface area contributed by atoms with Gasteiger partial charge in [0, 0.05) is 16.2 Å². The molecule has 0 saturated heterocycles. The molecule has 130 valence electrons. The third kappa shape index (κ3) is 4.87. The van der Waals surface area contributed by atoms with Crippen molar-refractivity contribution in [1.29, 1.82) is 0 Å². The van der Waals surface area contributed by atoms with E-state index in [0.29, 0.717) is 5.25 Å². The van der Waals surface area contributed by atoms with Crippen molar-refractivity contribution < 1.29 is 9.90 Å². The summed E-state index contributed by atoms with van der Waals surface area (Å²) in [6.45, 7) is 0. The number of nitrogens with one attached hydrogen (secondary N) is 1. The molecule has 2 aliphatic rings. The minimum absolute atomic E-state index is 0.0981. The van der Waals surface area contributed by atoms with Crippen molar-refractivity contribution in [1.82, 2.24) is 5.32 Å². The summed E-state index contributed by atoms with van der Waals surface area (Å²) in [5.41, 5.74) is 1.11. The Kier molecular flexibility index (Phi) is 6.38. The third-order valence-corrected chi connectivity index (χ3v) is 6.42. The van der Waals surface area contributed by atoms with Gasteiger partial charge in [0.05, 0.1) is 12.1 Å². The maximum Gasteiger partial charge on any atom is 0.244 e. The normalized spacial score (nSPS) is 25.2. The molecule has 0 aliphatic heterocycles. The Hall–Kier alpha value is -1.26. The molecule has 2 atom stereocenters. The van der Waals surface area contributed by atoms with Crippen LogP contribution in [-0.4, -0.2) is 28.4 Å². The molecular formula is C20H27NO2S. The quantitative estimate of drug-likeness (QED) is 0.788. The highest BCUT2D eigenvalue weighted by atomic mass is 32.2.